The summed E-state index contributed by atoms with van der Waals surface area (Å²) >= 11 is 0. The van der Waals surface area contributed by atoms with Gasteiger partial charge in [-0.1, -0.05) is 0 Å². The topological polar surface area (TPSA) is 745 Å². The lowest BCUT2D eigenvalue weighted by atomic mass is 9.94. The second-order valence-electron chi connectivity index (χ2n) is 19.9. The number of carboxylic acid groups (broad SMARTS) is 3. The van der Waals surface area contributed by atoms with E-state index in [4.69, 9.17) is 52.1 Å². The minimum atomic E-state index is -5.76. The first-order valence-corrected chi connectivity index (χ1v) is 30.5. The Labute approximate surface area is 497 Å². The summed E-state index contributed by atoms with van der Waals surface area (Å²) in [5.41, 5.74) is 0. The normalized spacial score (nSPS) is 43.6. The first kappa shape index (κ1) is 74.5. The van der Waals surface area contributed by atoms with Crippen LogP contribution in [-0.4, -0.2) is 356 Å². The maximum absolute atomic E-state index is 12.9. The Balaban J connectivity index is 1.29. The highest BCUT2D eigenvalue weighted by Gasteiger charge is 2.60. The van der Waals surface area contributed by atoms with Crippen molar-refractivity contribution in [1.29, 1.82) is 0 Å². The van der Waals surface area contributed by atoms with Crippen LogP contribution in [0.3, 0.4) is 0 Å². The molecule has 51 heteroatoms. The molecule has 0 aromatic heterocycles. The quantitative estimate of drug-likeness (QED) is 0.0377. The van der Waals surface area contributed by atoms with E-state index < -0.39 is 269 Å². The van der Waals surface area contributed by atoms with Crippen molar-refractivity contribution in [3.05, 3.63) is 0 Å². The van der Waals surface area contributed by atoms with Gasteiger partial charge in [0.25, 0.3) is 0 Å². The maximum atomic E-state index is 12.9. The van der Waals surface area contributed by atoms with Crippen LogP contribution in [0.5, 0.6) is 0 Å². The van der Waals surface area contributed by atoms with Crippen molar-refractivity contribution in [2.75, 3.05) is 19.8 Å². The average Bonchev–Trinajstić information content (AvgIpc) is 1.10. The van der Waals surface area contributed by atoms with Crippen LogP contribution in [0.2, 0.25) is 0 Å². The summed E-state index contributed by atoms with van der Waals surface area (Å²) in [6.07, 6.45) is -69.0. The Kier molecular flexibility index (Phi) is 24.6. The van der Waals surface area contributed by atoms with E-state index in [0.29, 0.717) is 0 Å². The van der Waals surface area contributed by atoms with Gasteiger partial charge in [0.05, 0.1) is 19.8 Å². The lowest BCUT2D eigenvalue weighted by Gasteiger charge is -2.50. The molecule has 0 aromatic rings. The molecule has 22 N–H and O–H groups in total. The van der Waals surface area contributed by atoms with Crippen LogP contribution in [0.25, 0.3) is 0 Å². The fourth-order valence-electron chi connectivity index (χ4n) is 9.75. The molecule has 1 amide bonds. The molecule has 6 aliphatic heterocycles. The number of ether oxygens (including phenoxy) is 11. The molecule has 89 heavy (non-hydrogen) atoms. The molecular formula is C38H61N3O44S4. The van der Waals surface area contributed by atoms with E-state index in [1.54, 1.807) is 0 Å². The fourth-order valence-corrected chi connectivity index (χ4v) is 11.6. The van der Waals surface area contributed by atoms with E-state index in [1.165, 1.54) is 9.44 Å². The van der Waals surface area contributed by atoms with Gasteiger partial charge < -0.3 is 134 Å². The summed E-state index contributed by atoms with van der Waals surface area (Å²) in [5.74, 6) is -7.40. The molecule has 0 saturated carbocycles. The highest BCUT2D eigenvalue weighted by atomic mass is 32.3. The van der Waals surface area contributed by atoms with Crippen molar-refractivity contribution < 1.29 is 208 Å². The van der Waals surface area contributed by atoms with Gasteiger partial charge in [-0.3, -0.25) is 23.0 Å². The lowest BCUT2D eigenvalue weighted by Crippen LogP contribution is -2.71. The molecule has 6 rings (SSSR count). The van der Waals surface area contributed by atoms with E-state index >= 15 is 0 Å². The summed E-state index contributed by atoms with van der Waals surface area (Å²) < 4.78 is 205. The average molecular weight is 1390 g/mol. The molecule has 6 saturated heterocycles. The zero-order chi connectivity index (χ0) is 67.1. The molecule has 0 bridgehead atoms. The number of hydrogen-bond donors (Lipinski definition) is 22. The van der Waals surface area contributed by atoms with Crippen LogP contribution in [0.15, 0.2) is 0 Å². The number of amides is 1. The first-order chi connectivity index (χ1) is 40.9. The van der Waals surface area contributed by atoms with Crippen LogP contribution < -0.4 is 14.8 Å². The second-order valence-corrected chi connectivity index (χ2v) is 24.5. The number of carbonyl (C=O) groups excluding carboxylic acids is 1. The van der Waals surface area contributed by atoms with Crippen LogP contribution >= 0.6 is 0 Å². The molecule has 0 aromatic carbocycles. The zero-order valence-electron chi connectivity index (χ0n) is 44.3. The van der Waals surface area contributed by atoms with Gasteiger partial charge in [0.1, 0.15) is 128 Å². The second kappa shape index (κ2) is 29.4. The molecule has 6 aliphatic rings. The van der Waals surface area contributed by atoms with Crippen LogP contribution in [0.1, 0.15) is 6.92 Å². The number of rotatable bonds is 25. The Morgan fingerprint density at radius 1 is 0.393 bits per heavy atom. The van der Waals surface area contributed by atoms with E-state index in [1.807, 2.05) is 0 Å². The highest BCUT2D eigenvalue weighted by molar-refractivity contribution is 7.84. The van der Waals surface area contributed by atoms with Crippen molar-refractivity contribution in [3.8, 4) is 0 Å². The Bertz CT molecular complexity index is 2930. The largest absolute Gasteiger partial charge is 0.479 e. The Morgan fingerprint density at radius 2 is 0.742 bits per heavy atom. The third-order valence-electron chi connectivity index (χ3n) is 13.8. The number of aliphatic carboxylic acids is 3. The lowest BCUT2D eigenvalue weighted by molar-refractivity contribution is -0.377. The van der Waals surface area contributed by atoms with Crippen LogP contribution in [0, 0.1) is 0 Å². The minimum Gasteiger partial charge on any atom is -0.479 e. The van der Waals surface area contributed by atoms with Crippen molar-refractivity contribution in [1.82, 2.24) is 14.8 Å². The molecular weight excluding hydrogens is 1330 g/mol. The van der Waals surface area contributed by atoms with E-state index in [0.717, 1.165) is 6.92 Å². The van der Waals surface area contributed by atoms with Gasteiger partial charge in [0.15, 0.2) is 56.1 Å². The van der Waals surface area contributed by atoms with Crippen molar-refractivity contribution in [3.63, 3.8) is 0 Å². The third-order valence-corrected chi connectivity index (χ3v) is 15.8. The van der Waals surface area contributed by atoms with Crippen molar-refractivity contribution >= 4 is 65.2 Å². The number of carboxylic acids is 3. The molecule has 0 unspecified atom stereocenters. The summed E-state index contributed by atoms with van der Waals surface area (Å²) in [5, 5.41) is 163. The van der Waals surface area contributed by atoms with Gasteiger partial charge in [-0.15, -0.1) is 0 Å². The molecule has 0 radical (unpaired) electrons. The van der Waals surface area contributed by atoms with E-state index in [-0.39, 0.29) is 0 Å². The molecule has 30 atom stereocenters. The van der Waals surface area contributed by atoms with Crippen LogP contribution in [-0.2, 0) is 121 Å². The summed E-state index contributed by atoms with van der Waals surface area (Å²) in [6, 6.07) is -7.23. The molecule has 6 fully saturated rings. The third kappa shape index (κ3) is 18.4. The number of carbonyl (C=O) groups is 4. The predicted octanol–water partition coefficient (Wildman–Crippen LogP) is -15.2. The fraction of sp³-hybridized carbons (Fsp3) is 0.895. The van der Waals surface area contributed by atoms with Gasteiger partial charge in [-0.2, -0.15) is 43.1 Å². The predicted molar refractivity (Wildman–Crippen MR) is 258 cm³/mol. The first-order valence-electron chi connectivity index (χ1n) is 24.9. The zero-order valence-corrected chi connectivity index (χ0v) is 47.5. The molecule has 0 aliphatic carbocycles. The summed E-state index contributed by atoms with van der Waals surface area (Å²) in [4.78, 5) is 49.4. The van der Waals surface area contributed by atoms with Gasteiger partial charge in [-0.25, -0.2) is 22.7 Å². The maximum Gasteiger partial charge on any atom is 0.397 e. The van der Waals surface area contributed by atoms with E-state index in [9.17, 15) is 148 Å². The minimum absolute atomic E-state index is 0.900. The number of hydrogen-bond acceptors (Lipinski definition) is 37. The SMILES string of the molecule is CC(=O)N[C@@H]1[C@@H](O[C@@H]2O[C@H](C(=O)O)[C@@H](O[C@H]3O[C@H](COS(=O)(=O)O)[C@@H](O[C@@H]4O[C@H](C(=O)O)[C@@H](O[C@H]5O[C@H](COS(=O)(=O)O)[C@@H](O[C@@H]6O[C@H](C(=O)O)[C@@H](O)[C@H](O)[C@H]6O)[C@H](O)[C@H]5NS(=O)(=O)O)[C@H](O)[C@H]4O)[C@H](O)[C@H]3NS(=O)(=O)O)[C@H](O)[C@H]2O)[C@H](O)[C@@H](CO)O[C@H]1O. The summed E-state index contributed by atoms with van der Waals surface area (Å²) in [6.45, 7) is -3.42. The van der Waals surface area contributed by atoms with Gasteiger partial charge in [-0.05, 0) is 0 Å². The van der Waals surface area contributed by atoms with Crippen molar-refractivity contribution in [2.24, 2.45) is 0 Å². The standard InChI is InChI=1S/C38H61N3O44S4/c1-5(43)39-11-24(12(44)6(2-42)75-33(11)60)80-38-21(53)18(50)26(29(85-38)32(58)59)82-35-10(41-87(64,65)66)14(46)23(8(77-35)4-74-89(70,71)72)79-37-20(52)17(49)25(28(84-37)31(56)57)81-34-9(40-86(61,62)63)13(45)22(7(76-34)3-73-88(67,68)69)78-36-19(51)15(47)16(48)27(83-36)30(54)55/h6-29,33-38,40-42,44-53,60H,2-4H2,1H3,(H,39,43)(H,54,55)(H,56,57)(H,58,59)(H,61,62,63)(H,64,65,66)(H,67,68,69)(H,70,71,72)/t6-,7-,8-,9-,10-,11-,12-,13-,14-,15+,16+,17-,18-,19-,20-,21-,22-,23-,24-,25+,26+,27+,28+,29+,33-,34-,35-,36-,37-,38-/m1/s1. The molecule has 6 heterocycles. The van der Waals surface area contributed by atoms with Crippen LogP contribution in [0.4, 0.5) is 0 Å². The number of aliphatic hydroxyl groups is 12. The molecule has 47 nitrogen and oxygen atoms in total. The Hall–Kier alpha value is -3.56. The highest BCUT2D eigenvalue weighted by Crippen LogP contribution is 2.38. The smallest absolute Gasteiger partial charge is 0.397 e. The number of aliphatic hydroxyl groups excluding tert-OH is 12. The van der Waals surface area contributed by atoms with Gasteiger partial charge in [0.2, 0.25) is 5.91 Å². The summed E-state index contributed by atoms with van der Waals surface area (Å²) in [7, 11) is -22.7. The molecule has 516 valence electrons. The van der Waals surface area contributed by atoms with E-state index in [2.05, 4.69) is 13.7 Å². The van der Waals surface area contributed by atoms with Crippen molar-refractivity contribution in [2.45, 2.75) is 191 Å². The van der Waals surface area contributed by atoms with Gasteiger partial charge in [0, 0.05) is 6.92 Å². The monoisotopic (exact) mass is 1390 g/mol. The van der Waals surface area contributed by atoms with Gasteiger partial charge >= 0.3 is 59.3 Å². The Morgan fingerprint density at radius 3 is 1.08 bits per heavy atom. The number of nitrogens with one attached hydrogen (secondary N) is 3. The molecule has 0 spiro atoms.